The molecule has 2 nitrogen and oxygen atoms in total. The fraction of sp³-hybridized carbons (Fsp3) is 0.417. The number of benzene rings is 1. The Labute approximate surface area is 98.8 Å². The van der Waals surface area contributed by atoms with Gasteiger partial charge in [-0.15, -0.1) is 0 Å². The van der Waals surface area contributed by atoms with Gasteiger partial charge in [0.15, 0.2) is 0 Å². The summed E-state index contributed by atoms with van der Waals surface area (Å²) in [6.45, 7) is 4.53. The third kappa shape index (κ3) is 4.47. The zero-order chi connectivity index (χ0) is 11.3. The van der Waals surface area contributed by atoms with Crippen LogP contribution in [0.25, 0.3) is 0 Å². The molecule has 0 amide bonds. The number of halogens is 1. The standard InChI is InChI=1S/C12H15BrO2/c1-9(2)8-15-12(14)7-10-5-3-4-6-11(10)13/h3-6,9H,7-8H2,1-2H3. The average Bonchev–Trinajstić information content (AvgIpc) is 2.18. The van der Waals surface area contributed by atoms with Crippen LogP contribution in [0, 0.1) is 5.92 Å². The fourth-order valence-electron chi connectivity index (χ4n) is 1.11. The first kappa shape index (κ1) is 12.2. The third-order valence-electron chi connectivity index (χ3n) is 1.87. The van der Waals surface area contributed by atoms with Gasteiger partial charge in [0.05, 0.1) is 13.0 Å². The van der Waals surface area contributed by atoms with Gasteiger partial charge in [-0.1, -0.05) is 48.0 Å². The summed E-state index contributed by atoms with van der Waals surface area (Å²) in [6, 6.07) is 7.68. The van der Waals surface area contributed by atoms with E-state index < -0.39 is 0 Å². The van der Waals surface area contributed by atoms with Crippen molar-refractivity contribution >= 4 is 21.9 Å². The summed E-state index contributed by atoms with van der Waals surface area (Å²) in [7, 11) is 0. The van der Waals surface area contributed by atoms with Gasteiger partial charge in [-0.05, 0) is 17.5 Å². The highest BCUT2D eigenvalue weighted by atomic mass is 79.9. The van der Waals surface area contributed by atoms with E-state index in [1.807, 2.05) is 38.1 Å². The molecule has 0 heterocycles. The molecule has 1 aromatic rings. The molecule has 0 fully saturated rings. The molecule has 0 N–H and O–H groups in total. The van der Waals surface area contributed by atoms with Gasteiger partial charge in [0.2, 0.25) is 0 Å². The lowest BCUT2D eigenvalue weighted by molar-refractivity contribution is -0.143. The Morgan fingerprint density at radius 2 is 2.07 bits per heavy atom. The average molecular weight is 271 g/mol. The third-order valence-corrected chi connectivity index (χ3v) is 2.64. The second-order valence-corrected chi connectivity index (χ2v) is 4.70. The van der Waals surface area contributed by atoms with Gasteiger partial charge in [0.1, 0.15) is 0 Å². The van der Waals surface area contributed by atoms with Gasteiger partial charge in [-0.3, -0.25) is 4.79 Å². The first-order chi connectivity index (χ1) is 7.09. The highest BCUT2D eigenvalue weighted by Crippen LogP contribution is 2.16. The molecule has 82 valence electrons. The van der Waals surface area contributed by atoms with Crippen LogP contribution in [0.5, 0.6) is 0 Å². The quantitative estimate of drug-likeness (QED) is 0.786. The molecule has 1 rings (SSSR count). The summed E-state index contributed by atoms with van der Waals surface area (Å²) in [5.74, 6) is 0.212. The zero-order valence-corrected chi connectivity index (χ0v) is 10.6. The van der Waals surface area contributed by atoms with Crippen LogP contribution in [0.2, 0.25) is 0 Å². The first-order valence-electron chi connectivity index (χ1n) is 4.98. The number of hydrogen-bond acceptors (Lipinski definition) is 2. The number of rotatable bonds is 4. The van der Waals surface area contributed by atoms with Crippen molar-refractivity contribution in [1.29, 1.82) is 0 Å². The van der Waals surface area contributed by atoms with E-state index in [1.165, 1.54) is 0 Å². The fourth-order valence-corrected chi connectivity index (χ4v) is 1.53. The lowest BCUT2D eigenvalue weighted by Gasteiger charge is -2.07. The van der Waals surface area contributed by atoms with Crippen molar-refractivity contribution in [3.8, 4) is 0 Å². The van der Waals surface area contributed by atoms with Crippen LogP contribution in [-0.4, -0.2) is 12.6 Å². The maximum atomic E-state index is 11.4. The topological polar surface area (TPSA) is 26.3 Å². The van der Waals surface area contributed by atoms with E-state index in [2.05, 4.69) is 15.9 Å². The molecule has 0 aliphatic carbocycles. The lowest BCUT2D eigenvalue weighted by atomic mass is 10.1. The molecule has 15 heavy (non-hydrogen) atoms. The Kier molecular flexibility index (Phi) is 4.82. The Balaban J connectivity index is 2.48. The van der Waals surface area contributed by atoms with Gasteiger partial charge in [0, 0.05) is 4.47 Å². The van der Waals surface area contributed by atoms with Crippen molar-refractivity contribution in [1.82, 2.24) is 0 Å². The maximum absolute atomic E-state index is 11.4. The molecule has 0 aliphatic rings. The Morgan fingerprint density at radius 1 is 1.40 bits per heavy atom. The molecule has 0 bridgehead atoms. The second-order valence-electron chi connectivity index (χ2n) is 3.85. The largest absolute Gasteiger partial charge is 0.465 e. The predicted octanol–water partition coefficient (Wildman–Crippen LogP) is 3.19. The molecule has 3 heteroatoms. The van der Waals surface area contributed by atoms with Crippen LogP contribution in [0.15, 0.2) is 28.7 Å². The minimum Gasteiger partial charge on any atom is -0.465 e. The molecule has 0 radical (unpaired) electrons. The van der Waals surface area contributed by atoms with E-state index in [4.69, 9.17) is 4.74 Å². The van der Waals surface area contributed by atoms with E-state index in [0.29, 0.717) is 18.9 Å². The maximum Gasteiger partial charge on any atom is 0.310 e. The number of esters is 1. The first-order valence-corrected chi connectivity index (χ1v) is 5.78. The van der Waals surface area contributed by atoms with Gasteiger partial charge in [0.25, 0.3) is 0 Å². The molecule has 0 saturated heterocycles. The normalized spacial score (nSPS) is 10.4. The summed E-state index contributed by atoms with van der Waals surface area (Å²) in [5.41, 5.74) is 0.964. The van der Waals surface area contributed by atoms with Crippen LogP contribution >= 0.6 is 15.9 Å². The number of hydrogen-bond donors (Lipinski definition) is 0. The molecular formula is C12H15BrO2. The molecule has 0 atom stereocenters. The lowest BCUT2D eigenvalue weighted by Crippen LogP contribution is -2.12. The van der Waals surface area contributed by atoms with Crippen molar-refractivity contribution in [2.75, 3.05) is 6.61 Å². The van der Waals surface area contributed by atoms with Gasteiger partial charge in [-0.25, -0.2) is 0 Å². The van der Waals surface area contributed by atoms with Crippen LogP contribution < -0.4 is 0 Å². The predicted molar refractivity (Wildman–Crippen MR) is 63.6 cm³/mol. The highest BCUT2D eigenvalue weighted by molar-refractivity contribution is 9.10. The highest BCUT2D eigenvalue weighted by Gasteiger charge is 2.07. The molecule has 0 aromatic heterocycles. The summed E-state index contributed by atoms with van der Waals surface area (Å²) >= 11 is 3.40. The minimum absolute atomic E-state index is 0.171. The Hall–Kier alpha value is -0.830. The molecule has 0 spiro atoms. The van der Waals surface area contributed by atoms with Crippen LogP contribution in [0.4, 0.5) is 0 Å². The monoisotopic (exact) mass is 270 g/mol. The SMILES string of the molecule is CC(C)COC(=O)Cc1ccccc1Br. The summed E-state index contributed by atoms with van der Waals surface area (Å²) in [4.78, 5) is 11.4. The van der Waals surface area contributed by atoms with Crippen LogP contribution in [0.1, 0.15) is 19.4 Å². The van der Waals surface area contributed by atoms with E-state index in [9.17, 15) is 4.79 Å². The summed E-state index contributed by atoms with van der Waals surface area (Å²) < 4.78 is 6.05. The number of carbonyl (C=O) groups excluding carboxylic acids is 1. The van der Waals surface area contributed by atoms with E-state index in [1.54, 1.807) is 0 Å². The van der Waals surface area contributed by atoms with Crippen molar-refractivity contribution in [3.05, 3.63) is 34.3 Å². The number of carbonyl (C=O) groups is 1. The number of ether oxygens (including phenoxy) is 1. The van der Waals surface area contributed by atoms with E-state index in [0.717, 1.165) is 10.0 Å². The second kappa shape index (κ2) is 5.91. The van der Waals surface area contributed by atoms with Gasteiger partial charge < -0.3 is 4.74 Å². The molecule has 0 aliphatic heterocycles. The van der Waals surface area contributed by atoms with Gasteiger partial charge in [-0.2, -0.15) is 0 Å². The molecule has 1 aromatic carbocycles. The summed E-state index contributed by atoms with van der Waals surface area (Å²) in [5, 5.41) is 0. The Morgan fingerprint density at radius 3 is 2.67 bits per heavy atom. The molecule has 0 saturated carbocycles. The van der Waals surface area contributed by atoms with Crippen LogP contribution in [-0.2, 0) is 16.0 Å². The minimum atomic E-state index is -0.171. The smallest absolute Gasteiger partial charge is 0.310 e. The van der Waals surface area contributed by atoms with Crippen molar-refractivity contribution in [2.45, 2.75) is 20.3 Å². The van der Waals surface area contributed by atoms with Gasteiger partial charge >= 0.3 is 5.97 Å². The van der Waals surface area contributed by atoms with Crippen molar-refractivity contribution < 1.29 is 9.53 Å². The van der Waals surface area contributed by atoms with E-state index in [-0.39, 0.29) is 5.97 Å². The van der Waals surface area contributed by atoms with Crippen molar-refractivity contribution in [3.63, 3.8) is 0 Å². The Bertz CT molecular complexity index is 334. The summed E-state index contributed by atoms with van der Waals surface area (Å²) in [6.07, 6.45) is 0.328. The molecular weight excluding hydrogens is 256 g/mol. The van der Waals surface area contributed by atoms with Crippen LogP contribution in [0.3, 0.4) is 0 Å². The van der Waals surface area contributed by atoms with E-state index >= 15 is 0 Å². The zero-order valence-electron chi connectivity index (χ0n) is 9.00. The molecule has 0 unspecified atom stereocenters. The van der Waals surface area contributed by atoms with Crippen molar-refractivity contribution in [2.24, 2.45) is 5.92 Å².